The van der Waals surface area contributed by atoms with Gasteiger partial charge in [-0.1, -0.05) is 17.7 Å². The molecule has 3 nitrogen and oxygen atoms in total. The van der Waals surface area contributed by atoms with Crippen molar-refractivity contribution >= 4 is 0 Å². The van der Waals surface area contributed by atoms with Crippen molar-refractivity contribution in [3.05, 3.63) is 29.3 Å². The van der Waals surface area contributed by atoms with Gasteiger partial charge in [0.25, 0.3) is 0 Å². The lowest BCUT2D eigenvalue weighted by Gasteiger charge is -2.36. The van der Waals surface area contributed by atoms with Crippen LogP contribution in [-0.4, -0.2) is 35.8 Å². The van der Waals surface area contributed by atoms with Crippen LogP contribution >= 0.6 is 0 Å². The van der Waals surface area contributed by atoms with Crippen molar-refractivity contribution in [3.8, 4) is 5.75 Å². The van der Waals surface area contributed by atoms with E-state index in [0.717, 1.165) is 38.2 Å². The highest BCUT2D eigenvalue weighted by Crippen LogP contribution is 2.26. The van der Waals surface area contributed by atoms with E-state index in [9.17, 15) is 5.11 Å². The van der Waals surface area contributed by atoms with Gasteiger partial charge in [0.1, 0.15) is 5.75 Å². The van der Waals surface area contributed by atoms with Crippen LogP contribution in [0.2, 0.25) is 0 Å². The topological polar surface area (TPSA) is 32.7 Å². The highest BCUT2D eigenvalue weighted by molar-refractivity contribution is 5.36. The molecule has 0 atom stereocenters. The second kappa shape index (κ2) is 5.29. The maximum atomic E-state index is 9.95. The standard InChI is InChI=1S/C15H23NO2/c1-12-4-5-14(18-3)13(10-12)11-16-8-6-15(2,17)7-9-16/h4-5,10,17H,6-9,11H2,1-3H3. The van der Waals surface area contributed by atoms with Crippen molar-refractivity contribution in [3.63, 3.8) is 0 Å². The van der Waals surface area contributed by atoms with Crippen LogP contribution in [-0.2, 0) is 6.54 Å². The summed E-state index contributed by atoms with van der Waals surface area (Å²) in [5.41, 5.74) is 2.02. The van der Waals surface area contributed by atoms with Crippen LogP contribution < -0.4 is 4.74 Å². The fourth-order valence-corrected chi connectivity index (χ4v) is 2.46. The van der Waals surface area contributed by atoms with Crippen molar-refractivity contribution < 1.29 is 9.84 Å². The summed E-state index contributed by atoms with van der Waals surface area (Å²) in [5.74, 6) is 0.956. The first-order valence-electron chi connectivity index (χ1n) is 6.58. The van der Waals surface area contributed by atoms with Crippen LogP contribution in [0.5, 0.6) is 5.75 Å². The van der Waals surface area contributed by atoms with Crippen molar-refractivity contribution in [2.24, 2.45) is 0 Å². The molecule has 100 valence electrons. The van der Waals surface area contributed by atoms with E-state index in [-0.39, 0.29) is 0 Å². The van der Waals surface area contributed by atoms with E-state index in [1.54, 1.807) is 7.11 Å². The maximum Gasteiger partial charge on any atom is 0.123 e. The Kier molecular flexibility index (Phi) is 3.93. The number of nitrogens with zero attached hydrogens (tertiary/aromatic N) is 1. The Balaban J connectivity index is 2.04. The predicted octanol–water partition coefficient (Wildman–Crippen LogP) is 2.35. The summed E-state index contributed by atoms with van der Waals surface area (Å²) in [6.45, 7) is 6.83. The number of methoxy groups -OCH3 is 1. The van der Waals surface area contributed by atoms with Gasteiger partial charge in [-0.15, -0.1) is 0 Å². The molecule has 3 heteroatoms. The first-order chi connectivity index (χ1) is 8.50. The third-order valence-corrected chi connectivity index (χ3v) is 3.76. The van der Waals surface area contributed by atoms with Crippen LogP contribution in [0.3, 0.4) is 0 Å². The molecular weight excluding hydrogens is 226 g/mol. The van der Waals surface area contributed by atoms with E-state index in [1.807, 2.05) is 13.0 Å². The summed E-state index contributed by atoms with van der Waals surface area (Å²) < 4.78 is 5.41. The lowest BCUT2D eigenvalue weighted by Crippen LogP contribution is -2.42. The van der Waals surface area contributed by atoms with Crippen LogP contribution in [0, 0.1) is 6.92 Å². The minimum Gasteiger partial charge on any atom is -0.496 e. The molecule has 18 heavy (non-hydrogen) atoms. The average Bonchev–Trinajstić information content (AvgIpc) is 2.32. The molecule has 0 aliphatic carbocycles. The van der Waals surface area contributed by atoms with Crippen LogP contribution in [0.4, 0.5) is 0 Å². The summed E-state index contributed by atoms with van der Waals surface area (Å²) in [6, 6.07) is 6.29. The summed E-state index contributed by atoms with van der Waals surface area (Å²) in [5, 5.41) is 9.95. The number of ether oxygens (including phenoxy) is 1. The Morgan fingerprint density at radius 2 is 2.00 bits per heavy atom. The Labute approximate surface area is 109 Å². The molecule has 1 heterocycles. The SMILES string of the molecule is COc1ccc(C)cc1CN1CCC(C)(O)CC1. The van der Waals surface area contributed by atoms with Gasteiger partial charge in [-0.2, -0.15) is 0 Å². The fraction of sp³-hybridized carbons (Fsp3) is 0.600. The van der Waals surface area contributed by atoms with E-state index in [1.165, 1.54) is 11.1 Å². The van der Waals surface area contributed by atoms with E-state index >= 15 is 0 Å². The van der Waals surface area contributed by atoms with E-state index in [4.69, 9.17) is 4.74 Å². The monoisotopic (exact) mass is 249 g/mol. The van der Waals surface area contributed by atoms with Gasteiger partial charge in [-0.25, -0.2) is 0 Å². The van der Waals surface area contributed by atoms with Gasteiger partial charge < -0.3 is 9.84 Å². The van der Waals surface area contributed by atoms with Gasteiger partial charge in [0.05, 0.1) is 12.7 Å². The molecule has 1 fully saturated rings. The number of hydrogen-bond donors (Lipinski definition) is 1. The third-order valence-electron chi connectivity index (χ3n) is 3.76. The highest BCUT2D eigenvalue weighted by atomic mass is 16.5. The van der Waals surface area contributed by atoms with Crippen LogP contribution in [0.25, 0.3) is 0 Å². The number of aryl methyl sites for hydroxylation is 1. The molecule has 0 radical (unpaired) electrons. The van der Waals surface area contributed by atoms with Gasteiger partial charge in [0.2, 0.25) is 0 Å². The first-order valence-corrected chi connectivity index (χ1v) is 6.58. The molecule has 0 spiro atoms. The molecule has 1 aliphatic heterocycles. The number of likely N-dealkylation sites (tertiary alicyclic amines) is 1. The second-order valence-corrected chi connectivity index (χ2v) is 5.59. The highest BCUT2D eigenvalue weighted by Gasteiger charge is 2.27. The Bertz CT molecular complexity index is 405. The maximum absolute atomic E-state index is 9.95. The molecular formula is C15H23NO2. The zero-order valence-electron chi connectivity index (χ0n) is 11.6. The molecule has 1 aromatic rings. The van der Waals surface area contributed by atoms with E-state index in [2.05, 4.69) is 24.0 Å². The van der Waals surface area contributed by atoms with Gasteiger partial charge >= 0.3 is 0 Å². The third kappa shape index (κ3) is 3.24. The molecule has 1 saturated heterocycles. The number of aliphatic hydroxyl groups is 1. The Morgan fingerprint density at radius 3 is 2.61 bits per heavy atom. The first kappa shape index (κ1) is 13.4. The molecule has 0 unspecified atom stereocenters. The fourth-order valence-electron chi connectivity index (χ4n) is 2.46. The zero-order valence-corrected chi connectivity index (χ0v) is 11.6. The number of rotatable bonds is 3. The Hall–Kier alpha value is -1.06. The minimum atomic E-state index is -0.479. The molecule has 2 rings (SSSR count). The Morgan fingerprint density at radius 1 is 1.33 bits per heavy atom. The molecule has 1 aromatic carbocycles. The molecule has 0 saturated carbocycles. The van der Waals surface area contributed by atoms with Crippen molar-refractivity contribution in [1.82, 2.24) is 4.90 Å². The van der Waals surface area contributed by atoms with Gasteiger partial charge in [0, 0.05) is 25.2 Å². The summed E-state index contributed by atoms with van der Waals surface area (Å²) in [7, 11) is 1.72. The van der Waals surface area contributed by atoms with Gasteiger partial charge in [-0.3, -0.25) is 4.90 Å². The smallest absolute Gasteiger partial charge is 0.123 e. The van der Waals surface area contributed by atoms with Crippen molar-refractivity contribution in [2.45, 2.75) is 38.8 Å². The number of hydrogen-bond acceptors (Lipinski definition) is 3. The average molecular weight is 249 g/mol. The molecule has 1 aliphatic rings. The predicted molar refractivity (Wildman–Crippen MR) is 72.9 cm³/mol. The number of benzene rings is 1. The minimum absolute atomic E-state index is 0.479. The van der Waals surface area contributed by atoms with Gasteiger partial charge in [-0.05, 0) is 32.8 Å². The van der Waals surface area contributed by atoms with Crippen molar-refractivity contribution in [2.75, 3.05) is 20.2 Å². The summed E-state index contributed by atoms with van der Waals surface area (Å²) in [4.78, 5) is 2.38. The summed E-state index contributed by atoms with van der Waals surface area (Å²) in [6.07, 6.45) is 1.70. The molecule has 0 bridgehead atoms. The normalized spacial score (nSPS) is 19.8. The summed E-state index contributed by atoms with van der Waals surface area (Å²) >= 11 is 0. The van der Waals surface area contributed by atoms with Crippen LogP contribution in [0.15, 0.2) is 18.2 Å². The quantitative estimate of drug-likeness (QED) is 0.892. The lowest BCUT2D eigenvalue weighted by molar-refractivity contribution is -0.00742. The molecule has 0 amide bonds. The van der Waals surface area contributed by atoms with Crippen LogP contribution in [0.1, 0.15) is 30.9 Å². The second-order valence-electron chi connectivity index (χ2n) is 5.59. The van der Waals surface area contributed by atoms with Crippen molar-refractivity contribution in [1.29, 1.82) is 0 Å². The molecule has 1 N–H and O–H groups in total. The zero-order chi connectivity index (χ0) is 13.2. The van der Waals surface area contributed by atoms with E-state index in [0.29, 0.717) is 0 Å². The van der Waals surface area contributed by atoms with E-state index < -0.39 is 5.60 Å². The van der Waals surface area contributed by atoms with Gasteiger partial charge in [0.15, 0.2) is 0 Å². The lowest BCUT2D eigenvalue weighted by atomic mass is 9.93. The molecule has 0 aromatic heterocycles. The largest absolute Gasteiger partial charge is 0.496 e. The number of piperidine rings is 1.